The molecule has 200 valence electrons. The van der Waals surface area contributed by atoms with Gasteiger partial charge in [-0.1, -0.05) is 60.7 Å². The number of carbonyl (C=O) groups excluding carboxylic acids is 4. The number of amides is 4. The molecule has 0 bridgehead atoms. The maximum Gasteiger partial charge on any atom is 0.265 e. The van der Waals surface area contributed by atoms with E-state index < -0.39 is 23.6 Å². The first kappa shape index (κ1) is 24.2. The van der Waals surface area contributed by atoms with Crippen molar-refractivity contribution in [3.8, 4) is 0 Å². The molecule has 4 aromatic carbocycles. The molecule has 0 saturated carbocycles. The topological polar surface area (TPSA) is 74.8 Å². The lowest BCUT2D eigenvalue weighted by molar-refractivity contribution is 0.0873. The predicted octanol–water partition coefficient (Wildman–Crippen LogP) is 7.13. The van der Waals surface area contributed by atoms with Crippen LogP contribution in [0.5, 0.6) is 0 Å². The fourth-order valence-electron chi connectivity index (χ4n) is 6.32. The molecule has 0 N–H and O–H groups in total. The summed E-state index contributed by atoms with van der Waals surface area (Å²) in [5.41, 5.74) is 6.48. The number of rotatable bonds is 4. The van der Waals surface area contributed by atoms with Crippen LogP contribution < -0.4 is 9.80 Å². The standard InChI is InChI=1S/C36H22N2O4/c39-33-27-17-19-29-32-30(36(42)38(35(29)41)26-15-11-24(12-16-26)22-7-3-4-8-22)20-18-28(31(27)32)34(40)37(33)25-13-9-23(10-14-25)21-5-1-2-6-21/h1-5,7,9-20H,6,8H2. The normalized spacial score (nSPS) is 17.0. The van der Waals surface area contributed by atoms with Crippen LogP contribution in [-0.2, 0) is 0 Å². The first-order valence-corrected chi connectivity index (χ1v) is 13.8. The predicted molar refractivity (Wildman–Crippen MR) is 163 cm³/mol. The lowest BCUT2D eigenvalue weighted by Gasteiger charge is -2.32. The van der Waals surface area contributed by atoms with Crippen molar-refractivity contribution < 1.29 is 19.2 Å². The molecule has 6 nitrogen and oxygen atoms in total. The van der Waals surface area contributed by atoms with Crippen molar-refractivity contribution in [3.63, 3.8) is 0 Å². The summed E-state index contributed by atoms with van der Waals surface area (Å²) in [7, 11) is 0. The second-order valence-electron chi connectivity index (χ2n) is 10.7. The number of nitrogens with zero attached hydrogens (tertiary/aromatic N) is 2. The second-order valence-corrected chi connectivity index (χ2v) is 10.7. The van der Waals surface area contributed by atoms with Gasteiger partial charge in [0.15, 0.2) is 0 Å². The summed E-state index contributed by atoms with van der Waals surface area (Å²) in [5.74, 6) is -1.95. The average molecular weight is 547 g/mol. The Bertz CT molecular complexity index is 1820. The summed E-state index contributed by atoms with van der Waals surface area (Å²) in [5, 5.41) is 0.708. The quantitative estimate of drug-likeness (QED) is 0.255. The highest BCUT2D eigenvalue weighted by Gasteiger charge is 2.40. The van der Waals surface area contributed by atoms with E-state index in [1.807, 2.05) is 48.6 Å². The van der Waals surface area contributed by atoms with Crippen molar-refractivity contribution in [3.05, 3.63) is 143 Å². The minimum absolute atomic E-state index is 0.286. The van der Waals surface area contributed by atoms with Gasteiger partial charge in [-0.2, -0.15) is 0 Å². The molecule has 0 spiro atoms. The third-order valence-corrected chi connectivity index (χ3v) is 8.43. The Morgan fingerprint density at radius 1 is 0.429 bits per heavy atom. The summed E-state index contributed by atoms with van der Waals surface area (Å²) in [6.45, 7) is 0. The van der Waals surface area contributed by atoms with E-state index in [4.69, 9.17) is 0 Å². The maximum absolute atomic E-state index is 13.8. The zero-order valence-electron chi connectivity index (χ0n) is 22.3. The lowest BCUT2D eigenvalue weighted by Crippen LogP contribution is -2.43. The maximum atomic E-state index is 13.8. The van der Waals surface area contributed by atoms with E-state index in [1.165, 1.54) is 20.9 Å². The lowest BCUT2D eigenvalue weighted by atomic mass is 9.85. The van der Waals surface area contributed by atoms with Crippen LogP contribution >= 0.6 is 0 Å². The smallest absolute Gasteiger partial charge is 0.265 e. The van der Waals surface area contributed by atoms with Crippen molar-refractivity contribution in [1.82, 2.24) is 0 Å². The zero-order chi connectivity index (χ0) is 28.5. The number of allylic oxidation sites excluding steroid dienone is 8. The number of carbonyl (C=O) groups is 4. The van der Waals surface area contributed by atoms with Crippen LogP contribution in [0.15, 0.2) is 109 Å². The Hall–Kier alpha value is -5.62. The van der Waals surface area contributed by atoms with E-state index in [0.29, 0.717) is 22.1 Å². The van der Waals surface area contributed by atoms with E-state index in [0.717, 1.165) is 24.0 Å². The molecule has 4 aromatic rings. The van der Waals surface area contributed by atoms with Crippen molar-refractivity contribution >= 4 is 56.9 Å². The first-order chi connectivity index (χ1) is 20.5. The second kappa shape index (κ2) is 8.94. The molecule has 0 atom stereocenters. The third kappa shape index (κ3) is 3.38. The molecular weight excluding hydrogens is 524 g/mol. The number of hydrogen-bond donors (Lipinski definition) is 0. The van der Waals surface area contributed by atoms with E-state index in [2.05, 4.69) is 12.2 Å². The van der Waals surface area contributed by atoms with Gasteiger partial charge in [-0.05, 0) is 83.6 Å². The van der Waals surface area contributed by atoms with Gasteiger partial charge in [-0.25, -0.2) is 9.80 Å². The van der Waals surface area contributed by atoms with Crippen LogP contribution in [0.3, 0.4) is 0 Å². The number of benzene rings is 4. The molecule has 0 unspecified atom stereocenters. The fourth-order valence-corrected chi connectivity index (χ4v) is 6.32. The van der Waals surface area contributed by atoms with Gasteiger partial charge in [-0.15, -0.1) is 0 Å². The third-order valence-electron chi connectivity index (χ3n) is 8.43. The van der Waals surface area contributed by atoms with Crippen LogP contribution in [0.4, 0.5) is 11.4 Å². The molecule has 4 aliphatic rings. The monoisotopic (exact) mass is 546 g/mol. The van der Waals surface area contributed by atoms with Gasteiger partial charge < -0.3 is 0 Å². The Labute approximate surface area is 241 Å². The van der Waals surface area contributed by atoms with Crippen LogP contribution in [-0.4, -0.2) is 23.6 Å². The molecule has 0 saturated heterocycles. The van der Waals surface area contributed by atoms with Crippen LogP contribution in [0.2, 0.25) is 0 Å². The van der Waals surface area contributed by atoms with Gasteiger partial charge in [0.25, 0.3) is 23.6 Å². The molecule has 2 aliphatic heterocycles. The highest BCUT2D eigenvalue weighted by Crippen LogP contribution is 2.40. The molecule has 2 heterocycles. The van der Waals surface area contributed by atoms with Crippen LogP contribution in [0.1, 0.15) is 65.4 Å². The molecule has 6 heteroatoms. The van der Waals surface area contributed by atoms with Gasteiger partial charge in [-0.3, -0.25) is 19.2 Å². The minimum atomic E-state index is -0.487. The Kier molecular flexibility index (Phi) is 5.15. The largest absolute Gasteiger partial charge is 0.268 e. The minimum Gasteiger partial charge on any atom is -0.268 e. The Morgan fingerprint density at radius 2 is 0.762 bits per heavy atom. The number of hydrogen-bond acceptors (Lipinski definition) is 4. The molecule has 0 fully saturated rings. The number of anilines is 2. The summed E-state index contributed by atoms with van der Waals surface area (Å²) in [6.07, 6.45) is 14.0. The van der Waals surface area contributed by atoms with Crippen LogP contribution in [0.25, 0.3) is 21.9 Å². The summed E-state index contributed by atoms with van der Waals surface area (Å²) < 4.78 is 0. The van der Waals surface area contributed by atoms with Crippen LogP contribution in [0, 0.1) is 0 Å². The van der Waals surface area contributed by atoms with Crippen molar-refractivity contribution in [1.29, 1.82) is 0 Å². The number of imide groups is 2. The molecule has 2 aliphatic carbocycles. The summed E-state index contributed by atoms with van der Waals surface area (Å²) in [6, 6.07) is 21.1. The van der Waals surface area contributed by atoms with E-state index in [-0.39, 0.29) is 22.3 Å². The highest BCUT2D eigenvalue weighted by atomic mass is 16.2. The van der Waals surface area contributed by atoms with Gasteiger partial charge in [0.05, 0.1) is 11.4 Å². The first-order valence-electron chi connectivity index (χ1n) is 13.8. The van der Waals surface area contributed by atoms with Crippen molar-refractivity contribution in [2.24, 2.45) is 0 Å². The molecule has 0 aromatic heterocycles. The van der Waals surface area contributed by atoms with E-state index in [1.54, 1.807) is 48.5 Å². The van der Waals surface area contributed by atoms with Gasteiger partial charge >= 0.3 is 0 Å². The summed E-state index contributed by atoms with van der Waals surface area (Å²) >= 11 is 0. The van der Waals surface area contributed by atoms with Crippen molar-refractivity contribution in [2.75, 3.05) is 9.80 Å². The zero-order valence-corrected chi connectivity index (χ0v) is 22.3. The summed E-state index contributed by atoms with van der Waals surface area (Å²) in [4.78, 5) is 57.4. The SMILES string of the molecule is O=C1c2ccc3c4c(ccc(c24)C(=O)N1c1ccc(C2=CC=CC2)cc1)C(=O)N(c1ccc(C2=CC=CC2)cc1)C3=O. The molecular formula is C36H22N2O4. The van der Waals surface area contributed by atoms with Gasteiger partial charge in [0.2, 0.25) is 0 Å². The van der Waals surface area contributed by atoms with Crippen molar-refractivity contribution in [2.45, 2.75) is 12.8 Å². The Balaban J connectivity index is 1.18. The van der Waals surface area contributed by atoms with E-state index in [9.17, 15) is 19.2 Å². The van der Waals surface area contributed by atoms with E-state index >= 15 is 0 Å². The molecule has 0 radical (unpaired) electrons. The molecule has 4 amide bonds. The average Bonchev–Trinajstić information content (AvgIpc) is 3.75. The van der Waals surface area contributed by atoms with Gasteiger partial charge in [0.1, 0.15) is 0 Å². The molecule has 42 heavy (non-hydrogen) atoms. The highest BCUT2D eigenvalue weighted by molar-refractivity contribution is 6.42. The fraction of sp³-hybridized carbons (Fsp3) is 0.0556. The molecule has 8 rings (SSSR count). The Morgan fingerprint density at radius 3 is 1.05 bits per heavy atom. The van der Waals surface area contributed by atoms with Gasteiger partial charge in [0, 0.05) is 33.0 Å².